The number of hydrogen-bond donors (Lipinski definition) is 5. The number of rotatable bonds is 14. The first-order valence-corrected chi connectivity index (χ1v) is 19.8. The molecule has 13 nitrogen and oxygen atoms in total. The Morgan fingerprint density at radius 3 is 2.24 bits per heavy atom. The summed E-state index contributed by atoms with van der Waals surface area (Å²) in [5, 5.41) is 16.4. The number of benzene rings is 3. The first-order valence-electron chi connectivity index (χ1n) is 18.4. The maximum absolute atomic E-state index is 13.6. The molecule has 2 atom stereocenters. The Hall–Kier alpha value is -5.37. The molecule has 3 aromatic rings. The van der Waals surface area contributed by atoms with Crippen molar-refractivity contribution < 1.29 is 37.0 Å². The average Bonchev–Trinajstić information content (AvgIpc) is 3.46. The molecule has 0 unspecified atom stereocenters. The van der Waals surface area contributed by atoms with Gasteiger partial charge in [-0.15, -0.1) is 6.58 Å². The molecule has 0 spiro atoms. The Morgan fingerprint density at radius 2 is 1.62 bits per heavy atom. The third kappa shape index (κ3) is 9.13. The lowest BCUT2D eigenvalue weighted by molar-refractivity contribution is -0.145. The van der Waals surface area contributed by atoms with E-state index in [1.165, 1.54) is 13.2 Å². The summed E-state index contributed by atoms with van der Waals surface area (Å²) < 4.78 is 46.4. The molecule has 1 aliphatic heterocycles. The first-order chi connectivity index (χ1) is 26.1. The van der Waals surface area contributed by atoms with Gasteiger partial charge < -0.3 is 30.2 Å². The van der Waals surface area contributed by atoms with Gasteiger partial charge in [-0.1, -0.05) is 54.6 Å². The van der Waals surface area contributed by atoms with E-state index >= 15 is 0 Å². The van der Waals surface area contributed by atoms with Gasteiger partial charge in [0.05, 0.1) is 12.0 Å². The van der Waals surface area contributed by atoms with E-state index in [9.17, 15) is 22.8 Å². The monoisotopic (exact) mass is 773 g/mol. The van der Waals surface area contributed by atoms with Gasteiger partial charge in [0, 0.05) is 12.5 Å². The number of ether oxygens (including phenoxy) is 3. The lowest BCUT2D eigenvalue weighted by Crippen LogP contribution is -2.52. The van der Waals surface area contributed by atoms with Gasteiger partial charge in [0.15, 0.2) is 0 Å². The molecule has 0 fully saturated rings. The van der Waals surface area contributed by atoms with Crippen LogP contribution in [-0.4, -0.2) is 70.3 Å². The van der Waals surface area contributed by atoms with Crippen molar-refractivity contribution in [3.05, 3.63) is 94.6 Å². The minimum atomic E-state index is -4.15. The van der Waals surface area contributed by atoms with E-state index in [0.29, 0.717) is 23.3 Å². The third-order valence-electron chi connectivity index (χ3n) is 10.3. The van der Waals surface area contributed by atoms with Gasteiger partial charge in [0.25, 0.3) is 10.0 Å². The summed E-state index contributed by atoms with van der Waals surface area (Å²) in [6, 6.07) is 13.7. The molecule has 14 heteroatoms. The number of hydrogen-bond acceptors (Lipinski definition) is 9. The van der Waals surface area contributed by atoms with Crippen LogP contribution in [0.3, 0.4) is 0 Å². The summed E-state index contributed by atoms with van der Waals surface area (Å²) in [6.45, 7) is 13.1. The third-order valence-corrected chi connectivity index (χ3v) is 11.9. The maximum Gasteiger partial charge on any atom is 0.407 e. The van der Waals surface area contributed by atoms with Crippen molar-refractivity contribution in [2.24, 2.45) is 0 Å². The summed E-state index contributed by atoms with van der Waals surface area (Å²) in [6.07, 6.45) is 2.43. The highest BCUT2D eigenvalue weighted by atomic mass is 32.2. The van der Waals surface area contributed by atoms with Crippen molar-refractivity contribution >= 4 is 34.0 Å². The van der Waals surface area contributed by atoms with Crippen molar-refractivity contribution in [2.45, 2.75) is 95.2 Å². The number of methoxy groups -OCH3 is 1. The molecular weight excluding hydrogens is 723 g/mol. The molecule has 3 aromatic carbocycles. The van der Waals surface area contributed by atoms with Crippen LogP contribution < -0.4 is 25.4 Å². The Balaban J connectivity index is 1.22. The Labute approximate surface area is 323 Å². The van der Waals surface area contributed by atoms with Crippen molar-refractivity contribution in [3.8, 4) is 16.9 Å². The van der Waals surface area contributed by atoms with Crippen molar-refractivity contribution in [1.82, 2.24) is 20.7 Å². The van der Waals surface area contributed by atoms with Crippen LogP contribution in [0.4, 0.5) is 4.79 Å². The number of esters is 1. The number of sulfonamides is 1. The van der Waals surface area contributed by atoms with Gasteiger partial charge in [-0.2, -0.15) is 0 Å². The second-order valence-corrected chi connectivity index (χ2v) is 16.2. The second kappa shape index (κ2) is 17.0. The van der Waals surface area contributed by atoms with E-state index in [2.05, 4.69) is 27.3 Å². The Kier molecular flexibility index (Phi) is 12.6. The Bertz CT molecular complexity index is 2050. The fourth-order valence-corrected chi connectivity index (χ4v) is 8.86. The van der Waals surface area contributed by atoms with Crippen LogP contribution in [0.1, 0.15) is 78.8 Å². The fourth-order valence-electron chi connectivity index (χ4n) is 7.34. The molecule has 2 amide bonds. The number of carbonyl (C=O) groups excluding carboxylic acids is 3. The molecule has 0 saturated heterocycles. The molecular formula is C41H51N5O8S. The number of guanidine groups is 1. The summed E-state index contributed by atoms with van der Waals surface area (Å²) in [5.41, 5.74) is 6.57. The number of alkyl carbamates (subject to hydrolysis) is 1. The van der Waals surface area contributed by atoms with E-state index in [1.54, 1.807) is 13.8 Å². The van der Waals surface area contributed by atoms with E-state index in [0.717, 1.165) is 39.8 Å². The first kappa shape index (κ1) is 40.8. The zero-order chi connectivity index (χ0) is 40.1. The summed E-state index contributed by atoms with van der Waals surface area (Å²) in [5.74, 6) is -1.26. The van der Waals surface area contributed by atoms with E-state index in [4.69, 9.17) is 19.6 Å². The van der Waals surface area contributed by atoms with Crippen molar-refractivity contribution in [2.75, 3.05) is 20.3 Å². The quantitative estimate of drug-likeness (QED) is 0.0468. The van der Waals surface area contributed by atoms with Gasteiger partial charge in [-0.25, -0.2) is 22.7 Å². The van der Waals surface area contributed by atoms with Crippen molar-refractivity contribution in [3.63, 3.8) is 0 Å². The summed E-state index contributed by atoms with van der Waals surface area (Å²) >= 11 is 0. The zero-order valence-electron chi connectivity index (χ0n) is 32.3. The normalized spacial score (nSPS) is 15.2. The van der Waals surface area contributed by atoms with E-state index in [1.807, 2.05) is 69.3 Å². The molecule has 2 aliphatic rings. The standard InChI is InChI=1S/C41H51N5O8S/c1-8-14-34(38(48)52-7)44-37(47)33(45-40(49)53-23-32-30-17-11-9-15-28(30)29-16-10-12-18-31(29)32)19-13-22-43-39(42)46-55(50,51)36-25(3)24(2)35-27(26(36)4)20-21-41(5,6)54-35/h8-12,15-18,32-34H,1,13-14,19-23H2,2-7H3,(H,44,47)(H,45,49)(H3,42,43,46)/t33-,34+/m0/s1. The molecule has 0 aromatic heterocycles. The SMILES string of the molecule is C=CC[C@@H](NC(=O)[C@H](CCCNC(=N)NS(=O)(=O)c1c(C)c(C)c2c(c1C)CCC(C)(C)O2)NC(=O)OCC1c2ccccc2-c2ccccc21)C(=O)OC. The lowest BCUT2D eigenvalue weighted by Gasteiger charge is -2.35. The number of nitrogens with one attached hydrogen (secondary N) is 5. The molecule has 5 rings (SSSR count). The lowest BCUT2D eigenvalue weighted by atomic mass is 9.88. The van der Waals surface area contributed by atoms with Gasteiger partial charge in [0.1, 0.15) is 30.0 Å². The van der Waals surface area contributed by atoms with Gasteiger partial charge >= 0.3 is 12.1 Å². The van der Waals surface area contributed by atoms with Gasteiger partial charge in [-0.3, -0.25) is 10.2 Å². The molecule has 1 aliphatic carbocycles. The maximum atomic E-state index is 13.6. The van der Waals surface area contributed by atoms with Crippen LogP contribution in [-0.2, 0) is 35.5 Å². The minimum Gasteiger partial charge on any atom is -0.487 e. The highest BCUT2D eigenvalue weighted by molar-refractivity contribution is 7.90. The predicted octanol–water partition coefficient (Wildman–Crippen LogP) is 5.44. The van der Waals surface area contributed by atoms with Crippen molar-refractivity contribution in [1.29, 1.82) is 5.41 Å². The molecule has 1 heterocycles. The van der Waals surface area contributed by atoms with E-state index in [-0.39, 0.29) is 48.8 Å². The number of carbonyl (C=O) groups is 3. The molecule has 294 valence electrons. The minimum absolute atomic E-state index is 0.0298. The molecule has 5 N–H and O–H groups in total. The number of fused-ring (bicyclic) bond motifs is 4. The molecule has 0 saturated carbocycles. The highest BCUT2D eigenvalue weighted by Gasteiger charge is 2.34. The van der Waals surface area contributed by atoms with Crippen LogP contribution in [0, 0.1) is 26.2 Å². The van der Waals surface area contributed by atoms with Crippen LogP contribution in [0.5, 0.6) is 5.75 Å². The van der Waals surface area contributed by atoms with Gasteiger partial charge in [0.2, 0.25) is 11.9 Å². The molecule has 55 heavy (non-hydrogen) atoms. The summed E-state index contributed by atoms with van der Waals surface area (Å²) in [4.78, 5) is 39.2. The number of amides is 2. The highest BCUT2D eigenvalue weighted by Crippen LogP contribution is 2.45. The summed E-state index contributed by atoms with van der Waals surface area (Å²) in [7, 11) is -2.95. The largest absolute Gasteiger partial charge is 0.487 e. The average molecular weight is 774 g/mol. The zero-order valence-corrected chi connectivity index (χ0v) is 33.1. The smallest absolute Gasteiger partial charge is 0.407 e. The molecule has 0 radical (unpaired) electrons. The molecule has 0 bridgehead atoms. The second-order valence-electron chi connectivity index (χ2n) is 14.6. The fraction of sp³-hybridized carbons (Fsp3) is 0.415. The van der Waals surface area contributed by atoms with Crippen LogP contribution in [0.2, 0.25) is 0 Å². The Morgan fingerprint density at radius 1 is 0.982 bits per heavy atom. The van der Waals surface area contributed by atoms with Gasteiger partial charge in [-0.05, 0) is 111 Å². The van der Waals surface area contributed by atoms with E-state index < -0.39 is 46.0 Å². The van der Waals surface area contributed by atoms with Crippen LogP contribution in [0.15, 0.2) is 66.1 Å². The van der Waals surface area contributed by atoms with Crippen LogP contribution >= 0.6 is 0 Å². The van der Waals surface area contributed by atoms with Crippen LogP contribution in [0.25, 0.3) is 11.1 Å². The topological polar surface area (TPSA) is 185 Å². The predicted molar refractivity (Wildman–Crippen MR) is 210 cm³/mol.